The van der Waals surface area contributed by atoms with Gasteiger partial charge in [0.05, 0.1) is 16.8 Å². The van der Waals surface area contributed by atoms with Crippen LogP contribution in [0.5, 0.6) is 0 Å². The van der Waals surface area contributed by atoms with Crippen molar-refractivity contribution in [1.29, 1.82) is 5.26 Å². The van der Waals surface area contributed by atoms with Crippen molar-refractivity contribution < 1.29 is 14.3 Å². The maximum atomic E-state index is 12.5. The number of nitriles is 1. The van der Waals surface area contributed by atoms with Gasteiger partial charge in [0.25, 0.3) is 0 Å². The molecule has 0 fully saturated rings. The van der Waals surface area contributed by atoms with Crippen molar-refractivity contribution in [3.63, 3.8) is 0 Å². The Balaban J connectivity index is 1.78. The first kappa shape index (κ1) is 17.2. The fraction of sp³-hybridized carbons (Fsp3) is 0.167. The maximum Gasteiger partial charge on any atom is 0.348 e. The topological polar surface area (TPSA) is 72.1 Å². The first-order valence-corrected chi connectivity index (χ1v) is 8.70. The minimum Gasteiger partial charge on any atom is -0.453 e. The molecule has 0 N–H and O–H groups in total. The summed E-state index contributed by atoms with van der Waals surface area (Å²) < 4.78 is 7.45. The molecule has 0 unspecified atom stereocenters. The number of benzene rings is 1. The number of thiophene rings is 1. The molecule has 5 nitrogen and oxygen atoms in total. The molecule has 2 aromatic heterocycles. The molecule has 0 amide bonds. The van der Waals surface area contributed by atoms with Gasteiger partial charge >= 0.3 is 5.97 Å². The SMILES string of the molecule is N#CCCn1cc(C(=O)COC(=O)c2ccc(Cl)s2)c2ccccc21. The van der Waals surface area contributed by atoms with Gasteiger partial charge in [0.2, 0.25) is 5.78 Å². The summed E-state index contributed by atoms with van der Waals surface area (Å²) in [5, 5.41) is 9.55. The standard InChI is InChI=1S/C18H13ClN2O3S/c19-17-7-6-16(25-17)18(23)24-11-15(22)13-10-21(9-3-8-20)14-5-2-1-4-12(13)14/h1-2,4-7,10H,3,9,11H2. The number of hydrogen-bond acceptors (Lipinski definition) is 5. The third-order valence-corrected chi connectivity index (χ3v) is 4.87. The summed E-state index contributed by atoms with van der Waals surface area (Å²) >= 11 is 6.89. The number of Topliss-reactive ketones (excluding diaryl/α,β-unsaturated/α-hetero) is 1. The highest BCUT2D eigenvalue weighted by molar-refractivity contribution is 7.17. The van der Waals surface area contributed by atoms with E-state index in [1.165, 1.54) is 0 Å². The van der Waals surface area contributed by atoms with Gasteiger partial charge < -0.3 is 9.30 Å². The van der Waals surface area contributed by atoms with E-state index < -0.39 is 5.97 Å². The molecule has 0 bridgehead atoms. The lowest BCUT2D eigenvalue weighted by atomic mass is 10.1. The Bertz CT molecular complexity index is 984. The van der Waals surface area contributed by atoms with Crippen LogP contribution >= 0.6 is 22.9 Å². The monoisotopic (exact) mass is 372 g/mol. The summed E-state index contributed by atoms with van der Waals surface area (Å²) in [6.45, 7) is 0.151. The summed E-state index contributed by atoms with van der Waals surface area (Å²) in [5.74, 6) is -0.860. The van der Waals surface area contributed by atoms with Crippen LogP contribution in [0.4, 0.5) is 0 Å². The Morgan fingerprint density at radius 3 is 2.76 bits per heavy atom. The smallest absolute Gasteiger partial charge is 0.348 e. The number of hydrogen-bond donors (Lipinski definition) is 0. The third kappa shape index (κ3) is 3.73. The van der Waals surface area contributed by atoms with Crippen LogP contribution in [0.25, 0.3) is 10.9 Å². The number of halogens is 1. The first-order chi connectivity index (χ1) is 12.1. The van der Waals surface area contributed by atoms with Crippen LogP contribution in [0.1, 0.15) is 26.5 Å². The molecule has 0 saturated carbocycles. The molecule has 2 heterocycles. The predicted octanol–water partition coefficient (Wildman–Crippen LogP) is 4.31. The Hall–Kier alpha value is -2.62. The van der Waals surface area contributed by atoms with E-state index in [1.54, 1.807) is 18.3 Å². The van der Waals surface area contributed by atoms with Gasteiger partial charge in [-0.2, -0.15) is 5.26 Å². The summed E-state index contributed by atoms with van der Waals surface area (Å²) in [6.07, 6.45) is 2.06. The van der Waals surface area contributed by atoms with Crippen LogP contribution in [-0.4, -0.2) is 22.9 Å². The largest absolute Gasteiger partial charge is 0.453 e. The van der Waals surface area contributed by atoms with E-state index in [0.717, 1.165) is 22.2 Å². The number of nitrogens with zero attached hydrogens (tertiary/aromatic N) is 2. The molecule has 0 aliphatic rings. The van der Waals surface area contributed by atoms with Crippen molar-refractivity contribution in [3.8, 4) is 6.07 Å². The average Bonchev–Trinajstić information content (AvgIpc) is 3.21. The number of para-hydroxylation sites is 1. The number of esters is 1. The molecule has 7 heteroatoms. The Kier molecular flexibility index (Phi) is 5.17. The lowest BCUT2D eigenvalue weighted by molar-refractivity contribution is 0.0480. The van der Waals surface area contributed by atoms with E-state index >= 15 is 0 Å². The molecule has 25 heavy (non-hydrogen) atoms. The van der Waals surface area contributed by atoms with Crippen molar-refractivity contribution in [2.24, 2.45) is 0 Å². The zero-order chi connectivity index (χ0) is 17.8. The highest BCUT2D eigenvalue weighted by Crippen LogP contribution is 2.24. The Morgan fingerprint density at radius 1 is 1.24 bits per heavy atom. The molecule has 3 aromatic rings. The van der Waals surface area contributed by atoms with Crippen LogP contribution in [0, 0.1) is 11.3 Å². The molecular formula is C18H13ClN2O3S. The molecule has 3 rings (SSSR count). The van der Waals surface area contributed by atoms with E-state index in [9.17, 15) is 9.59 Å². The fourth-order valence-electron chi connectivity index (χ4n) is 2.53. The highest BCUT2D eigenvalue weighted by atomic mass is 35.5. The number of rotatable bonds is 6. The molecule has 0 saturated heterocycles. The van der Waals surface area contributed by atoms with Gasteiger partial charge in [-0.15, -0.1) is 11.3 Å². The summed E-state index contributed by atoms with van der Waals surface area (Å²) in [4.78, 5) is 24.8. The van der Waals surface area contributed by atoms with Crippen molar-refractivity contribution >= 4 is 45.6 Å². The predicted molar refractivity (Wildman–Crippen MR) is 96.1 cm³/mol. The number of ether oxygens (including phenoxy) is 1. The van der Waals surface area contributed by atoms with Gasteiger partial charge in [0.1, 0.15) is 4.88 Å². The minimum atomic E-state index is -0.571. The zero-order valence-electron chi connectivity index (χ0n) is 13.1. The number of ketones is 1. The summed E-state index contributed by atoms with van der Waals surface area (Å²) in [7, 11) is 0. The Morgan fingerprint density at radius 2 is 2.04 bits per heavy atom. The van der Waals surface area contributed by atoms with Gasteiger partial charge in [-0.05, 0) is 18.2 Å². The molecule has 0 aliphatic carbocycles. The van der Waals surface area contributed by atoms with Crippen molar-refractivity contribution in [2.45, 2.75) is 13.0 Å². The van der Waals surface area contributed by atoms with Crippen LogP contribution in [-0.2, 0) is 11.3 Å². The van der Waals surface area contributed by atoms with E-state index in [2.05, 4.69) is 6.07 Å². The van der Waals surface area contributed by atoms with Crippen molar-refractivity contribution in [2.75, 3.05) is 6.61 Å². The lowest BCUT2D eigenvalue weighted by Gasteiger charge is -2.02. The second-order valence-electron chi connectivity index (χ2n) is 5.26. The normalized spacial score (nSPS) is 10.6. The zero-order valence-corrected chi connectivity index (χ0v) is 14.6. The van der Waals surface area contributed by atoms with Crippen LogP contribution in [0.15, 0.2) is 42.6 Å². The Labute approximate surface area is 153 Å². The van der Waals surface area contributed by atoms with Gasteiger partial charge in [-0.1, -0.05) is 29.8 Å². The second kappa shape index (κ2) is 7.51. The van der Waals surface area contributed by atoms with Crippen LogP contribution in [0.2, 0.25) is 4.34 Å². The van der Waals surface area contributed by atoms with Gasteiger partial charge in [0.15, 0.2) is 6.61 Å². The molecule has 1 aromatic carbocycles. The van der Waals surface area contributed by atoms with Crippen molar-refractivity contribution in [3.05, 3.63) is 57.4 Å². The van der Waals surface area contributed by atoms with Gasteiger partial charge in [-0.25, -0.2) is 4.79 Å². The van der Waals surface area contributed by atoms with Crippen molar-refractivity contribution in [1.82, 2.24) is 4.57 Å². The highest BCUT2D eigenvalue weighted by Gasteiger charge is 2.18. The van der Waals surface area contributed by atoms with Crippen LogP contribution < -0.4 is 0 Å². The fourth-order valence-corrected chi connectivity index (χ4v) is 3.47. The van der Waals surface area contributed by atoms with E-state index in [-0.39, 0.29) is 12.4 Å². The number of fused-ring (bicyclic) bond motifs is 1. The maximum absolute atomic E-state index is 12.5. The van der Waals surface area contributed by atoms with Crippen LogP contribution in [0.3, 0.4) is 0 Å². The lowest BCUT2D eigenvalue weighted by Crippen LogP contribution is -2.13. The summed E-state index contributed by atoms with van der Waals surface area (Å²) in [6, 6.07) is 12.7. The van der Waals surface area contributed by atoms with Gasteiger partial charge in [0, 0.05) is 29.2 Å². The molecule has 0 radical (unpaired) electrons. The van der Waals surface area contributed by atoms with Gasteiger partial charge in [-0.3, -0.25) is 4.79 Å². The van der Waals surface area contributed by atoms with E-state index in [1.807, 2.05) is 28.8 Å². The summed E-state index contributed by atoms with van der Waals surface area (Å²) in [5.41, 5.74) is 1.35. The molecule has 126 valence electrons. The number of carbonyl (C=O) groups is 2. The molecule has 0 aliphatic heterocycles. The van der Waals surface area contributed by atoms with E-state index in [4.69, 9.17) is 21.6 Å². The molecular weight excluding hydrogens is 360 g/mol. The quantitative estimate of drug-likeness (QED) is 0.477. The van der Waals surface area contributed by atoms with E-state index in [0.29, 0.717) is 27.7 Å². The number of carbonyl (C=O) groups excluding carboxylic acids is 2. The third-order valence-electron chi connectivity index (χ3n) is 3.66. The minimum absolute atomic E-state index is 0.289. The number of aryl methyl sites for hydroxylation is 1. The second-order valence-corrected chi connectivity index (χ2v) is 6.98. The average molecular weight is 373 g/mol. The molecule has 0 spiro atoms. The number of aromatic nitrogens is 1. The molecule has 0 atom stereocenters. The first-order valence-electron chi connectivity index (χ1n) is 7.50.